The summed E-state index contributed by atoms with van der Waals surface area (Å²) in [5.74, 6) is 0.391. The van der Waals surface area contributed by atoms with E-state index in [0.29, 0.717) is 11.4 Å². The lowest BCUT2D eigenvalue weighted by Gasteiger charge is -2.10. The molecule has 0 radical (unpaired) electrons. The molecule has 0 aliphatic heterocycles. The van der Waals surface area contributed by atoms with E-state index in [1.807, 2.05) is 13.0 Å². The zero-order valence-corrected chi connectivity index (χ0v) is 6.99. The summed E-state index contributed by atoms with van der Waals surface area (Å²) in [6.45, 7) is 1.79. The number of hydrogen-bond acceptors (Lipinski definition) is 4. The third-order valence-electron chi connectivity index (χ3n) is 1.68. The summed E-state index contributed by atoms with van der Waals surface area (Å²) in [5.41, 5.74) is 12.9. The second-order valence-corrected chi connectivity index (χ2v) is 2.78. The van der Waals surface area contributed by atoms with Crippen molar-refractivity contribution >= 4 is 5.82 Å². The largest absolute Gasteiger partial charge is 0.394 e. The lowest BCUT2D eigenvalue weighted by molar-refractivity contribution is 0.268. The van der Waals surface area contributed by atoms with Gasteiger partial charge >= 0.3 is 0 Å². The highest BCUT2D eigenvalue weighted by atomic mass is 16.3. The molecule has 1 heterocycles. The lowest BCUT2D eigenvalue weighted by Crippen LogP contribution is -2.17. The van der Waals surface area contributed by atoms with E-state index in [1.165, 1.54) is 0 Å². The van der Waals surface area contributed by atoms with Crippen LogP contribution < -0.4 is 11.5 Å². The number of hydrogen-bond donors (Lipinski definition) is 3. The number of nitrogens with zero attached hydrogens (tertiary/aromatic N) is 1. The molecule has 4 nitrogen and oxygen atoms in total. The molecule has 1 aromatic rings. The van der Waals surface area contributed by atoms with E-state index < -0.39 is 6.04 Å². The molecule has 0 saturated carbocycles. The van der Waals surface area contributed by atoms with Crippen molar-refractivity contribution < 1.29 is 5.11 Å². The highest BCUT2D eigenvalue weighted by Gasteiger charge is 2.08. The highest BCUT2D eigenvalue weighted by Crippen LogP contribution is 2.16. The van der Waals surface area contributed by atoms with E-state index in [-0.39, 0.29) is 6.61 Å². The molecule has 0 saturated heterocycles. The van der Waals surface area contributed by atoms with Gasteiger partial charge < -0.3 is 16.6 Å². The van der Waals surface area contributed by atoms with Crippen molar-refractivity contribution in [2.45, 2.75) is 13.0 Å². The van der Waals surface area contributed by atoms with Crippen LogP contribution in [0.25, 0.3) is 0 Å². The number of nitrogen functional groups attached to an aromatic ring is 1. The first-order valence-corrected chi connectivity index (χ1v) is 3.73. The fourth-order valence-corrected chi connectivity index (χ4v) is 0.998. The number of aliphatic hydroxyl groups excluding tert-OH is 1. The minimum Gasteiger partial charge on any atom is -0.394 e. The van der Waals surface area contributed by atoms with Gasteiger partial charge in [-0.3, -0.25) is 0 Å². The number of aliphatic hydroxyl groups is 1. The van der Waals surface area contributed by atoms with Crippen molar-refractivity contribution in [1.29, 1.82) is 0 Å². The number of nitrogens with two attached hydrogens (primary N) is 2. The molecule has 0 fully saturated rings. The van der Waals surface area contributed by atoms with Crippen LogP contribution in [0.4, 0.5) is 5.82 Å². The zero-order chi connectivity index (χ0) is 9.14. The Bertz CT molecular complexity index is 275. The molecule has 12 heavy (non-hydrogen) atoms. The van der Waals surface area contributed by atoms with Gasteiger partial charge in [-0.25, -0.2) is 4.98 Å². The molecule has 0 amide bonds. The summed E-state index contributed by atoms with van der Waals surface area (Å²) in [4.78, 5) is 3.93. The van der Waals surface area contributed by atoms with Crippen LogP contribution in [0.5, 0.6) is 0 Å². The van der Waals surface area contributed by atoms with Gasteiger partial charge in [0.2, 0.25) is 0 Å². The van der Waals surface area contributed by atoms with Crippen LogP contribution in [0.3, 0.4) is 0 Å². The van der Waals surface area contributed by atoms with E-state index in [9.17, 15) is 0 Å². The molecule has 0 bridgehead atoms. The second-order valence-electron chi connectivity index (χ2n) is 2.78. The zero-order valence-electron chi connectivity index (χ0n) is 6.99. The van der Waals surface area contributed by atoms with Crippen molar-refractivity contribution in [2.75, 3.05) is 12.3 Å². The van der Waals surface area contributed by atoms with Crippen molar-refractivity contribution in [3.63, 3.8) is 0 Å². The smallest absolute Gasteiger partial charge is 0.128 e. The summed E-state index contributed by atoms with van der Waals surface area (Å²) in [7, 11) is 0. The summed E-state index contributed by atoms with van der Waals surface area (Å²) < 4.78 is 0. The molecule has 66 valence electrons. The molecule has 1 rings (SSSR count). The van der Waals surface area contributed by atoms with Crippen LogP contribution in [-0.4, -0.2) is 16.7 Å². The third-order valence-corrected chi connectivity index (χ3v) is 1.68. The Kier molecular flexibility index (Phi) is 2.62. The van der Waals surface area contributed by atoms with Gasteiger partial charge in [0.05, 0.1) is 12.6 Å². The fraction of sp³-hybridized carbons (Fsp3) is 0.375. The van der Waals surface area contributed by atoms with Gasteiger partial charge in [-0.2, -0.15) is 0 Å². The van der Waals surface area contributed by atoms with Crippen molar-refractivity contribution in [2.24, 2.45) is 5.73 Å². The topological polar surface area (TPSA) is 85.2 Å². The van der Waals surface area contributed by atoms with Gasteiger partial charge in [0.1, 0.15) is 5.82 Å². The van der Waals surface area contributed by atoms with Gasteiger partial charge in [0.25, 0.3) is 0 Å². The maximum Gasteiger partial charge on any atom is 0.128 e. The molecule has 0 aliphatic carbocycles. The summed E-state index contributed by atoms with van der Waals surface area (Å²) in [6.07, 6.45) is 1.67. The number of aryl methyl sites for hydroxylation is 1. The number of rotatable bonds is 2. The Balaban J connectivity index is 3.04. The van der Waals surface area contributed by atoms with Crippen LogP contribution in [0, 0.1) is 6.92 Å². The molecular weight excluding hydrogens is 154 g/mol. The van der Waals surface area contributed by atoms with Crippen LogP contribution in [0.2, 0.25) is 0 Å². The summed E-state index contributed by atoms with van der Waals surface area (Å²) >= 11 is 0. The minimum atomic E-state index is -0.433. The Morgan fingerprint density at radius 2 is 2.33 bits per heavy atom. The number of anilines is 1. The van der Waals surface area contributed by atoms with Crippen LogP contribution in [0.15, 0.2) is 12.3 Å². The average molecular weight is 167 g/mol. The van der Waals surface area contributed by atoms with Gasteiger partial charge in [-0.15, -0.1) is 0 Å². The Morgan fingerprint density at radius 1 is 1.67 bits per heavy atom. The monoisotopic (exact) mass is 167 g/mol. The van der Waals surface area contributed by atoms with Crippen LogP contribution in [0.1, 0.15) is 17.2 Å². The average Bonchev–Trinajstić information content (AvgIpc) is 2.08. The predicted octanol–water partition coefficient (Wildman–Crippen LogP) is -0.0357. The van der Waals surface area contributed by atoms with Crippen molar-refractivity contribution in [3.8, 4) is 0 Å². The third kappa shape index (κ3) is 1.72. The molecule has 4 heteroatoms. The Morgan fingerprint density at radius 3 is 2.92 bits per heavy atom. The van der Waals surface area contributed by atoms with Crippen molar-refractivity contribution in [1.82, 2.24) is 4.98 Å². The first-order chi connectivity index (χ1) is 5.65. The van der Waals surface area contributed by atoms with E-state index in [0.717, 1.165) is 5.56 Å². The summed E-state index contributed by atoms with van der Waals surface area (Å²) in [6, 6.07) is 1.40. The van der Waals surface area contributed by atoms with E-state index >= 15 is 0 Å². The van der Waals surface area contributed by atoms with Crippen LogP contribution >= 0.6 is 0 Å². The molecule has 1 atom stereocenters. The normalized spacial score (nSPS) is 12.9. The highest BCUT2D eigenvalue weighted by molar-refractivity contribution is 5.42. The first-order valence-electron chi connectivity index (χ1n) is 3.73. The fourth-order valence-electron chi connectivity index (χ4n) is 0.998. The van der Waals surface area contributed by atoms with E-state index in [4.69, 9.17) is 16.6 Å². The second kappa shape index (κ2) is 3.51. The quantitative estimate of drug-likeness (QED) is 0.577. The van der Waals surface area contributed by atoms with E-state index in [1.54, 1.807) is 6.20 Å². The van der Waals surface area contributed by atoms with E-state index in [2.05, 4.69) is 4.98 Å². The maximum atomic E-state index is 8.80. The SMILES string of the molecule is Cc1cnc(N)c([C@@H](N)CO)c1. The van der Waals surface area contributed by atoms with Crippen molar-refractivity contribution in [3.05, 3.63) is 23.4 Å². The first kappa shape index (κ1) is 8.96. The van der Waals surface area contributed by atoms with Gasteiger partial charge in [0.15, 0.2) is 0 Å². The van der Waals surface area contributed by atoms with Gasteiger partial charge in [-0.1, -0.05) is 0 Å². The van der Waals surface area contributed by atoms with Gasteiger partial charge in [0, 0.05) is 11.8 Å². The maximum absolute atomic E-state index is 8.80. The Labute approximate surface area is 71.2 Å². The molecule has 5 N–H and O–H groups in total. The number of pyridine rings is 1. The van der Waals surface area contributed by atoms with Crippen LogP contribution in [-0.2, 0) is 0 Å². The molecular formula is C8H13N3O. The molecule has 1 aromatic heterocycles. The standard InChI is InChI=1S/C8H13N3O/c1-5-2-6(7(9)4-12)8(10)11-3-5/h2-3,7,12H,4,9H2,1H3,(H2,10,11)/t7-/m0/s1. The Hall–Kier alpha value is -1.13. The predicted molar refractivity (Wildman–Crippen MR) is 47.4 cm³/mol. The minimum absolute atomic E-state index is 0.116. The van der Waals surface area contributed by atoms with Gasteiger partial charge in [-0.05, 0) is 18.6 Å². The number of aromatic nitrogens is 1. The molecule has 0 aliphatic rings. The lowest BCUT2D eigenvalue weighted by atomic mass is 10.1. The summed E-state index contributed by atoms with van der Waals surface area (Å²) in [5, 5.41) is 8.80. The molecule has 0 aromatic carbocycles. The molecule has 0 unspecified atom stereocenters. The molecule has 0 spiro atoms.